The quantitative estimate of drug-likeness (QED) is 0.834. The monoisotopic (exact) mass is 379 g/mol. The predicted octanol–water partition coefficient (Wildman–Crippen LogP) is 2.62. The van der Waals surface area contributed by atoms with E-state index in [0.29, 0.717) is 19.6 Å². The molecular formula is C22H25N3O3. The van der Waals surface area contributed by atoms with Gasteiger partial charge in [0.2, 0.25) is 0 Å². The first-order valence-electron chi connectivity index (χ1n) is 9.64. The van der Waals surface area contributed by atoms with E-state index in [1.807, 2.05) is 30.3 Å². The van der Waals surface area contributed by atoms with E-state index in [0.717, 1.165) is 58.8 Å². The van der Waals surface area contributed by atoms with Gasteiger partial charge in [-0.3, -0.25) is 9.78 Å². The number of ketones is 1. The van der Waals surface area contributed by atoms with E-state index in [4.69, 9.17) is 15.2 Å². The molecule has 0 saturated carbocycles. The molecule has 2 aromatic rings. The van der Waals surface area contributed by atoms with Gasteiger partial charge in [-0.25, -0.2) is 0 Å². The lowest BCUT2D eigenvalue weighted by Gasteiger charge is -2.14. The lowest BCUT2D eigenvalue weighted by atomic mass is 9.93. The lowest BCUT2D eigenvalue weighted by Crippen LogP contribution is -2.20. The second kappa shape index (κ2) is 8.22. The minimum Gasteiger partial charge on any atom is -0.496 e. The number of nitrogens with zero attached hydrogens (tertiary/aromatic N) is 1. The molecule has 0 amide bonds. The highest BCUT2D eigenvalue weighted by Gasteiger charge is 2.27. The van der Waals surface area contributed by atoms with Crippen molar-refractivity contribution in [3.8, 4) is 5.75 Å². The van der Waals surface area contributed by atoms with Crippen molar-refractivity contribution in [2.45, 2.75) is 25.5 Å². The number of carbonyl (C=O) groups is 1. The molecule has 0 bridgehead atoms. The average molecular weight is 379 g/mol. The molecule has 1 aromatic heterocycles. The summed E-state index contributed by atoms with van der Waals surface area (Å²) in [5, 5.41) is 3.29. The molecule has 146 valence electrons. The minimum atomic E-state index is -0.277. The zero-order chi connectivity index (χ0) is 19.5. The van der Waals surface area contributed by atoms with Gasteiger partial charge in [0.05, 0.1) is 32.1 Å². The number of hydrogen-bond donors (Lipinski definition) is 2. The Balaban J connectivity index is 1.74. The van der Waals surface area contributed by atoms with Crippen molar-refractivity contribution in [1.29, 1.82) is 0 Å². The van der Waals surface area contributed by atoms with E-state index in [-0.39, 0.29) is 11.8 Å². The SMILES string of the molecule is COc1ccnc2c1C(c1ccc3c(c1)COCCNCCCC3=O)=C[C@@H]2N. The number of Topliss-reactive ketones (excluding diaryl/α,β-unsaturated/α-hetero) is 1. The highest BCUT2D eigenvalue weighted by Crippen LogP contribution is 2.41. The third-order valence-corrected chi connectivity index (χ3v) is 5.25. The topological polar surface area (TPSA) is 86.5 Å². The van der Waals surface area contributed by atoms with Gasteiger partial charge in [-0.15, -0.1) is 0 Å². The number of nitrogens with one attached hydrogen (secondary N) is 1. The van der Waals surface area contributed by atoms with E-state index in [1.54, 1.807) is 13.3 Å². The first kappa shape index (κ1) is 18.8. The Morgan fingerprint density at radius 2 is 2.18 bits per heavy atom. The molecule has 0 unspecified atom stereocenters. The van der Waals surface area contributed by atoms with Gasteiger partial charge >= 0.3 is 0 Å². The van der Waals surface area contributed by atoms with Crippen LogP contribution in [0.4, 0.5) is 0 Å². The Bertz CT molecular complexity index is 923. The highest BCUT2D eigenvalue weighted by molar-refractivity contribution is 5.98. The van der Waals surface area contributed by atoms with Crippen LogP contribution in [0.5, 0.6) is 5.75 Å². The van der Waals surface area contributed by atoms with Gasteiger partial charge in [0, 0.05) is 30.3 Å². The van der Waals surface area contributed by atoms with E-state index in [9.17, 15) is 4.79 Å². The molecular weight excluding hydrogens is 354 g/mol. The number of benzene rings is 1. The van der Waals surface area contributed by atoms with Crippen molar-refractivity contribution in [2.75, 3.05) is 26.8 Å². The summed E-state index contributed by atoms with van der Waals surface area (Å²) < 4.78 is 11.3. The zero-order valence-corrected chi connectivity index (χ0v) is 16.0. The van der Waals surface area contributed by atoms with E-state index < -0.39 is 0 Å². The summed E-state index contributed by atoms with van der Waals surface area (Å²) in [7, 11) is 1.65. The lowest BCUT2D eigenvalue weighted by molar-refractivity contribution is 0.0973. The van der Waals surface area contributed by atoms with Crippen LogP contribution in [-0.4, -0.2) is 37.6 Å². The summed E-state index contributed by atoms with van der Waals surface area (Å²) in [4.78, 5) is 17.1. The second-order valence-electron chi connectivity index (χ2n) is 7.08. The third kappa shape index (κ3) is 3.58. The van der Waals surface area contributed by atoms with Gasteiger partial charge in [0.1, 0.15) is 5.75 Å². The summed E-state index contributed by atoms with van der Waals surface area (Å²) in [6.45, 7) is 2.65. The van der Waals surface area contributed by atoms with Crippen LogP contribution in [0.2, 0.25) is 0 Å². The zero-order valence-electron chi connectivity index (χ0n) is 16.0. The van der Waals surface area contributed by atoms with Gasteiger partial charge in [-0.2, -0.15) is 0 Å². The molecule has 0 saturated heterocycles. The van der Waals surface area contributed by atoms with Crippen LogP contribution in [0.15, 0.2) is 36.5 Å². The second-order valence-corrected chi connectivity index (χ2v) is 7.08. The van der Waals surface area contributed by atoms with E-state index >= 15 is 0 Å². The molecule has 1 aliphatic carbocycles. The maximum absolute atomic E-state index is 12.7. The van der Waals surface area contributed by atoms with Crippen LogP contribution in [0.1, 0.15) is 51.6 Å². The van der Waals surface area contributed by atoms with Gasteiger partial charge < -0.3 is 20.5 Å². The first-order valence-corrected chi connectivity index (χ1v) is 9.64. The van der Waals surface area contributed by atoms with Crippen LogP contribution in [-0.2, 0) is 11.3 Å². The molecule has 0 radical (unpaired) electrons. The van der Waals surface area contributed by atoms with Gasteiger partial charge in [-0.05, 0) is 41.8 Å². The predicted molar refractivity (Wildman–Crippen MR) is 107 cm³/mol. The smallest absolute Gasteiger partial charge is 0.163 e. The molecule has 2 aliphatic rings. The molecule has 6 nitrogen and oxygen atoms in total. The minimum absolute atomic E-state index is 0.158. The molecule has 4 rings (SSSR count). The molecule has 6 heteroatoms. The van der Waals surface area contributed by atoms with Gasteiger partial charge in [-0.1, -0.05) is 18.2 Å². The number of pyridine rings is 1. The normalized spacial score (nSPS) is 20.0. The van der Waals surface area contributed by atoms with Crippen LogP contribution in [0.25, 0.3) is 5.57 Å². The molecule has 0 spiro atoms. The Kier molecular flexibility index (Phi) is 5.52. The molecule has 1 aliphatic heterocycles. The van der Waals surface area contributed by atoms with Gasteiger partial charge in [0.15, 0.2) is 5.78 Å². The Hall–Kier alpha value is -2.54. The number of nitrogens with two attached hydrogens (primary N) is 1. The van der Waals surface area contributed by atoms with Crippen LogP contribution in [0.3, 0.4) is 0 Å². The van der Waals surface area contributed by atoms with Crippen molar-refractivity contribution >= 4 is 11.4 Å². The fraction of sp³-hybridized carbons (Fsp3) is 0.364. The number of fused-ring (bicyclic) bond motifs is 2. The summed E-state index contributed by atoms with van der Waals surface area (Å²) >= 11 is 0. The fourth-order valence-corrected chi connectivity index (χ4v) is 3.85. The van der Waals surface area contributed by atoms with Crippen LogP contribution >= 0.6 is 0 Å². The maximum Gasteiger partial charge on any atom is 0.163 e. The molecule has 3 N–H and O–H groups in total. The van der Waals surface area contributed by atoms with Crippen molar-refractivity contribution in [3.63, 3.8) is 0 Å². The number of methoxy groups -OCH3 is 1. The van der Waals surface area contributed by atoms with E-state index in [1.165, 1.54) is 0 Å². The van der Waals surface area contributed by atoms with Crippen LogP contribution < -0.4 is 15.8 Å². The number of hydrogen-bond acceptors (Lipinski definition) is 6. The van der Waals surface area contributed by atoms with Crippen molar-refractivity contribution < 1.29 is 14.3 Å². The van der Waals surface area contributed by atoms with Crippen molar-refractivity contribution in [2.24, 2.45) is 5.73 Å². The molecule has 1 aromatic carbocycles. The Morgan fingerprint density at radius 1 is 1.29 bits per heavy atom. The highest BCUT2D eigenvalue weighted by atomic mass is 16.5. The molecule has 0 fully saturated rings. The van der Waals surface area contributed by atoms with Gasteiger partial charge in [0.25, 0.3) is 0 Å². The van der Waals surface area contributed by atoms with E-state index in [2.05, 4.69) is 10.3 Å². The summed E-state index contributed by atoms with van der Waals surface area (Å²) in [5.74, 6) is 0.907. The third-order valence-electron chi connectivity index (χ3n) is 5.25. The maximum atomic E-state index is 12.7. The standard InChI is InChI=1S/C22H25N3O3/c1-27-20-6-8-25-22-18(23)12-17(21(20)22)14-4-5-16-15(11-14)13-28-10-9-24-7-2-3-19(16)26/h4-6,8,11-12,18,24H,2-3,7,9-10,13,23H2,1H3/t18-/m0/s1. The van der Waals surface area contributed by atoms with Crippen molar-refractivity contribution in [3.05, 3.63) is 64.5 Å². The largest absolute Gasteiger partial charge is 0.496 e. The number of ether oxygens (including phenoxy) is 2. The number of aromatic nitrogens is 1. The van der Waals surface area contributed by atoms with Crippen molar-refractivity contribution in [1.82, 2.24) is 10.3 Å². The summed E-state index contributed by atoms with van der Waals surface area (Å²) in [6, 6.07) is 7.50. The van der Waals surface area contributed by atoms with Crippen LogP contribution in [0, 0.1) is 0 Å². The number of carbonyl (C=O) groups excluding carboxylic acids is 1. The molecule has 2 heterocycles. The summed E-state index contributed by atoms with van der Waals surface area (Å²) in [5.41, 5.74) is 11.6. The number of rotatable bonds is 2. The fourth-order valence-electron chi connectivity index (χ4n) is 3.85. The first-order chi connectivity index (χ1) is 13.7. The Morgan fingerprint density at radius 3 is 3.04 bits per heavy atom. The Labute approximate surface area is 164 Å². The molecule has 1 atom stereocenters. The average Bonchev–Trinajstić information content (AvgIpc) is 3.04. The summed E-state index contributed by atoms with van der Waals surface area (Å²) in [6.07, 6.45) is 5.08. The molecule has 28 heavy (non-hydrogen) atoms.